The minimum atomic E-state index is -3.86. The normalized spacial score (nSPS) is 12.7. The van der Waals surface area contributed by atoms with Gasteiger partial charge in [-0.3, -0.25) is 0 Å². The van der Waals surface area contributed by atoms with Gasteiger partial charge in [0.15, 0.2) is 0 Å². The third kappa shape index (κ3) is 10.2. The van der Waals surface area contributed by atoms with E-state index >= 15 is 0 Å². The fourth-order valence-electron chi connectivity index (χ4n) is 1.63. The molecule has 0 aliphatic rings. The van der Waals surface area contributed by atoms with Gasteiger partial charge in [-0.25, -0.2) is 27.2 Å². The van der Waals surface area contributed by atoms with E-state index in [1.165, 1.54) is 7.11 Å². The summed E-state index contributed by atoms with van der Waals surface area (Å²) < 4.78 is 39.3. The Bertz CT molecular complexity index is 524. The van der Waals surface area contributed by atoms with Gasteiger partial charge in [0.2, 0.25) is 16.1 Å². The van der Waals surface area contributed by atoms with Crippen LogP contribution in [0.3, 0.4) is 0 Å². The fraction of sp³-hybridized carbons (Fsp3) is 0.867. The van der Waals surface area contributed by atoms with Crippen molar-refractivity contribution >= 4 is 34.1 Å². The van der Waals surface area contributed by atoms with Crippen LogP contribution in [0.5, 0.6) is 0 Å². The molecule has 26 heavy (non-hydrogen) atoms. The lowest BCUT2D eigenvalue weighted by Gasteiger charge is -2.21. The molecular weight excluding hydrogens is 386 g/mol. The molecule has 0 aliphatic carbocycles. The van der Waals surface area contributed by atoms with Gasteiger partial charge in [-0.15, -0.1) is 0 Å². The number of ether oxygens (including phenoxy) is 2. The van der Waals surface area contributed by atoms with Crippen molar-refractivity contribution in [1.29, 1.82) is 0 Å². The molecule has 0 fully saturated rings. The summed E-state index contributed by atoms with van der Waals surface area (Å²) >= 11 is 0.986. The van der Waals surface area contributed by atoms with Crippen LogP contribution >= 0.6 is 12.0 Å². The van der Waals surface area contributed by atoms with E-state index < -0.39 is 28.2 Å². The van der Waals surface area contributed by atoms with Gasteiger partial charge < -0.3 is 9.47 Å². The summed E-state index contributed by atoms with van der Waals surface area (Å²) in [5.41, 5.74) is 0. The monoisotopic (exact) mass is 415 g/mol. The Morgan fingerprint density at radius 3 is 2.38 bits per heavy atom. The molecule has 0 N–H and O–H groups in total. The van der Waals surface area contributed by atoms with Gasteiger partial charge in [0.25, 0.3) is 0 Å². The molecule has 0 saturated heterocycles. The quantitative estimate of drug-likeness (QED) is 0.147. The first-order chi connectivity index (χ1) is 12.2. The van der Waals surface area contributed by atoms with Gasteiger partial charge in [0.1, 0.15) is 0 Å². The molecule has 0 rings (SSSR count). The number of methoxy groups -OCH3 is 1. The highest BCUT2D eigenvalue weighted by Crippen LogP contribution is 2.13. The van der Waals surface area contributed by atoms with Gasteiger partial charge in [0.05, 0.1) is 19.0 Å². The zero-order valence-corrected chi connectivity index (χ0v) is 17.6. The maximum absolute atomic E-state index is 12.2. The van der Waals surface area contributed by atoms with Crippen molar-refractivity contribution in [1.82, 2.24) is 4.31 Å². The molecule has 0 aliphatic heterocycles. The second kappa shape index (κ2) is 13.2. The predicted molar refractivity (Wildman–Crippen MR) is 97.7 cm³/mol. The number of amides is 1. The minimum Gasteiger partial charge on any atom is -0.466 e. The number of carbonyl (C=O) groups is 2. The van der Waals surface area contributed by atoms with Crippen LogP contribution in [0, 0.1) is 0 Å². The Kier molecular flexibility index (Phi) is 12.7. The summed E-state index contributed by atoms with van der Waals surface area (Å²) in [4.78, 5) is 28.6. The summed E-state index contributed by atoms with van der Waals surface area (Å²) in [6.45, 7) is 5.52. The molecule has 1 unspecified atom stereocenters. The number of hydrogen-bond acceptors (Lipinski definition) is 9. The molecule has 0 radical (unpaired) electrons. The SMILES string of the molecule is CCCCC(OC(=O)N(C)S(=O)(=O)CCCSOOC(C)C)C(=O)OC. The molecule has 1 amide bonds. The smallest absolute Gasteiger partial charge is 0.424 e. The van der Waals surface area contributed by atoms with Crippen LogP contribution in [0.15, 0.2) is 0 Å². The Morgan fingerprint density at radius 2 is 1.85 bits per heavy atom. The van der Waals surface area contributed by atoms with E-state index in [0.717, 1.165) is 25.5 Å². The van der Waals surface area contributed by atoms with Gasteiger partial charge in [-0.2, -0.15) is 4.33 Å². The lowest BCUT2D eigenvalue weighted by atomic mass is 10.1. The van der Waals surface area contributed by atoms with E-state index in [9.17, 15) is 18.0 Å². The third-order valence-corrected chi connectivity index (χ3v) is 5.53. The standard InChI is InChI=1S/C15H29NO8S2/c1-6-7-9-13(14(17)21-5)22-15(18)16(4)26(19,20)11-8-10-25-24-23-12(2)3/h12-13H,6-11H2,1-5H3. The molecule has 0 aromatic rings. The average Bonchev–Trinajstić information content (AvgIpc) is 2.59. The van der Waals surface area contributed by atoms with E-state index in [-0.39, 0.29) is 24.7 Å². The number of sulfonamides is 1. The first kappa shape index (κ1) is 25.0. The van der Waals surface area contributed by atoms with Crippen molar-refractivity contribution < 1.29 is 36.7 Å². The molecule has 9 nitrogen and oxygen atoms in total. The van der Waals surface area contributed by atoms with E-state index in [2.05, 4.69) is 4.74 Å². The number of carbonyl (C=O) groups excluding carboxylic acids is 2. The zero-order chi connectivity index (χ0) is 20.2. The minimum absolute atomic E-state index is 0.0948. The highest BCUT2D eigenvalue weighted by atomic mass is 32.2. The fourth-order valence-corrected chi connectivity index (χ4v) is 3.41. The highest BCUT2D eigenvalue weighted by Gasteiger charge is 2.30. The van der Waals surface area contributed by atoms with Crippen LogP contribution < -0.4 is 0 Å². The van der Waals surface area contributed by atoms with Crippen molar-refractivity contribution in [3.8, 4) is 0 Å². The van der Waals surface area contributed by atoms with Crippen molar-refractivity contribution in [2.24, 2.45) is 0 Å². The maximum atomic E-state index is 12.2. The summed E-state index contributed by atoms with van der Waals surface area (Å²) in [6.07, 6.45) is -0.374. The van der Waals surface area contributed by atoms with Gasteiger partial charge in [-0.05, 0) is 33.1 Å². The molecule has 0 saturated carbocycles. The number of rotatable bonds is 13. The van der Waals surface area contributed by atoms with Crippen molar-refractivity contribution in [3.05, 3.63) is 0 Å². The van der Waals surface area contributed by atoms with Crippen LogP contribution in [-0.2, 0) is 33.5 Å². The molecule has 154 valence electrons. The van der Waals surface area contributed by atoms with Crippen LogP contribution in [-0.4, -0.2) is 62.7 Å². The third-order valence-electron chi connectivity index (χ3n) is 3.11. The van der Waals surface area contributed by atoms with E-state index in [1.807, 2.05) is 6.92 Å². The molecular formula is C15H29NO8S2. The molecule has 0 heterocycles. The van der Waals surface area contributed by atoms with E-state index in [0.29, 0.717) is 16.5 Å². The molecule has 11 heteroatoms. The van der Waals surface area contributed by atoms with Crippen molar-refractivity contribution in [3.63, 3.8) is 0 Å². The zero-order valence-electron chi connectivity index (χ0n) is 15.9. The Balaban J connectivity index is 4.50. The van der Waals surface area contributed by atoms with E-state index in [4.69, 9.17) is 14.0 Å². The van der Waals surface area contributed by atoms with Crippen LogP contribution in [0.2, 0.25) is 0 Å². The van der Waals surface area contributed by atoms with Gasteiger partial charge in [0, 0.05) is 24.8 Å². The lowest BCUT2D eigenvalue weighted by Crippen LogP contribution is -2.39. The second-order valence-corrected chi connectivity index (χ2v) is 8.61. The number of esters is 1. The number of nitrogens with zero attached hydrogens (tertiary/aromatic N) is 1. The lowest BCUT2D eigenvalue weighted by molar-refractivity contribution is -0.220. The first-order valence-corrected chi connectivity index (χ1v) is 10.9. The average molecular weight is 416 g/mol. The first-order valence-electron chi connectivity index (χ1n) is 8.35. The molecule has 0 bridgehead atoms. The Hall–Kier alpha value is -1.04. The molecule has 0 aromatic heterocycles. The summed E-state index contributed by atoms with van der Waals surface area (Å²) in [5.74, 6) is -0.610. The molecule has 0 spiro atoms. The molecule has 0 aromatic carbocycles. The Labute approximate surface area is 159 Å². The van der Waals surface area contributed by atoms with Crippen LogP contribution in [0.25, 0.3) is 0 Å². The van der Waals surface area contributed by atoms with E-state index in [1.54, 1.807) is 13.8 Å². The highest BCUT2D eigenvalue weighted by molar-refractivity contribution is 7.94. The van der Waals surface area contributed by atoms with Gasteiger partial charge in [-0.1, -0.05) is 13.3 Å². The van der Waals surface area contributed by atoms with Crippen molar-refractivity contribution in [2.75, 3.05) is 25.7 Å². The largest absolute Gasteiger partial charge is 0.466 e. The van der Waals surface area contributed by atoms with Crippen LogP contribution in [0.4, 0.5) is 4.79 Å². The van der Waals surface area contributed by atoms with Crippen molar-refractivity contribution in [2.45, 2.75) is 58.7 Å². The Morgan fingerprint density at radius 1 is 1.19 bits per heavy atom. The van der Waals surface area contributed by atoms with Gasteiger partial charge >= 0.3 is 12.1 Å². The molecule has 1 atom stereocenters. The summed E-state index contributed by atoms with van der Waals surface area (Å²) in [5, 5.41) is 0. The number of hydrogen-bond donors (Lipinski definition) is 0. The topological polar surface area (TPSA) is 108 Å². The number of unbranched alkanes of at least 4 members (excludes halogenated alkanes) is 1. The predicted octanol–water partition coefficient (Wildman–Crippen LogP) is 2.51. The van der Waals surface area contributed by atoms with Crippen LogP contribution in [0.1, 0.15) is 46.5 Å². The second-order valence-electron chi connectivity index (χ2n) is 5.71. The summed E-state index contributed by atoms with van der Waals surface area (Å²) in [7, 11) is -1.59. The maximum Gasteiger partial charge on any atom is 0.424 e. The summed E-state index contributed by atoms with van der Waals surface area (Å²) in [6, 6.07) is 0.